The van der Waals surface area contributed by atoms with Gasteiger partial charge in [-0.05, 0) is 39.0 Å². The molecular weight excluding hydrogens is 244 g/mol. The summed E-state index contributed by atoms with van der Waals surface area (Å²) in [6, 6.07) is 7.17. The highest BCUT2D eigenvalue weighted by atomic mass is 32.1. The van der Waals surface area contributed by atoms with E-state index in [9.17, 15) is 4.79 Å². The third-order valence-corrected chi connectivity index (χ3v) is 2.19. The van der Waals surface area contributed by atoms with E-state index in [1.165, 1.54) is 0 Å². The molecule has 0 aromatic heterocycles. The quantitative estimate of drug-likeness (QED) is 0.503. The first-order valence-corrected chi connectivity index (χ1v) is 6.49. The number of ether oxygens (including phenoxy) is 1. The van der Waals surface area contributed by atoms with Gasteiger partial charge in [0.05, 0.1) is 5.56 Å². The monoisotopic (exact) mass is 262 g/mol. The number of carbonyl (C=O) groups excluding carboxylic acids is 1. The maximum absolute atomic E-state index is 11.9. The Kier molecular flexibility index (Phi) is 5.30. The van der Waals surface area contributed by atoms with E-state index >= 15 is 0 Å². The molecule has 0 radical (unpaired) electrons. The number of hydrogen-bond acceptors (Lipinski definition) is 3. The predicted octanol–water partition coefficient (Wildman–Crippen LogP) is 3.31. The molecule has 0 heterocycles. The summed E-state index contributed by atoms with van der Waals surface area (Å²) in [5.41, 5.74) is 0.868. The zero-order valence-electron chi connectivity index (χ0n) is 11.0. The summed E-state index contributed by atoms with van der Waals surface area (Å²) in [5, 5.41) is 0. The second-order valence-electron chi connectivity index (χ2n) is 4.86. The number of hydrogen-bond donors (Lipinski definition) is 1. The van der Waals surface area contributed by atoms with E-state index in [2.05, 4.69) is 24.5 Å². The zero-order chi connectivity index (χ0) is 13.6. The largest absolute Gasteiger partial charge is 0.456 e. The van der Waals surface area contributed by atoms with Gasteiger partial charge in [0.1, 0.15) is 5.60 Å². The molecule has 0 saturated carbocycles. The Morgan fingerprint density at radius 3 is 2.72 bits per heavy atom. The maximum atomic E-state index is 11.9. The first kappa shape index (κ1) is 14.7. The summed E-state index contributed by atoms with van der Waals surface area (Å²) in [7, 11) is 0. The van der Waals surface area contributed by atoms with Gasteiger partial charge >= 0.3 is 5.97 Å². The average molecular weight is 262 g/mol. The molecule has 0 aliphatic heterocycles. The van der Waals surface area contributed by atoms with Crippen LogP contribution in [0.1, 0.15) is 43.1 Å². The van der Waals surface area contributed by atoms with Crippen LogP contribution in [-0.4, -0.2) is 17.3 Å². The van der Waals surface area contributed by atoms with E-state index in [-0.39, 0.29) is 5.97 Å². The van der Waals surface area contributed by atoms with E-state index in [4.69, 9.17) is 4.74 Å². The van der Waals surface area contributed by atoms with Crippen LogP contribution in [0.5, 0.6) is 0 Å². The highest BCUT2D eigenvalue weighted by molar-refractivity contribution is 7.80. The molecule has 1 aromatic carbocycles. The minimum Gasteiger partial charge on any atom is -0.456 e. The lowest BCUT2D eigenvalue weighted by Crippen LogP contribution is -2.23. The Morgan fingerprint density at radius 2 is 2.11 bits per heavy atom. The summed E-state index contributed by atoms with van der Waals surface area (Å²) in [4.78, 5) is 11.9. The molecule has 1 rings (SSSR count). The molecule has 3 heteroatoms. The van der Waals surface area contributed by atoms with Crippen LogP contribution in [0, 0.1) is 11.8 Å². The van der Waals surface area contributed by atoms with E-state index in [0.29, 0.717) is 5.56 Å². The van der Waals surface area contributed by atoms with Crippen LogP contribution in [-0.2, 0) is 4.74 Å². The molecule has 0 aliphatic carbocycles. The van der Waals surface area contributed by atoms with Crippen molar-refractivity contribution in [3.8, 4) is 11.8 Å². The second kappa shape index (κ2) is 6.51. The summed E-state index contributed by atoms with van der Waals surface area (Å²) in [6.07, 6.45) is 0.736. The fourth-order valence-electron chi connectivity index (χ4n) is 1.28. The molecule has 0 bridgehead atoms. The van der Waals surface area contributed by atoms with Gasteiger partial charge in [0.25, 0.3) is 0 Å². The summed E-state index contributed by atoms with van der Waals surface area (Å²) >= 11 is 4.09. The molecule has 1 aromatic rings. The molecule has 0 fully saturated rings. The molecular formula is C15H18O2S. The molecule has 0 aliphatic rings. The van der Waals surface area contributed by atoms with Crippen LogP contribution in [0.15, 0.2) is 24.3 Å². The molecule has 0 unspecified atom stereocenters. The minimum absolute atomic E-state index is 0.319. The van der Waals surface area contributed by atoms with Gasteiger partial charge in [-0.1, -0.05) is 17.9 Å². The molecule has 18 heavy (non-hydrogen) atoms. The summed E-state index contributed by atoms with van der Waals surface area (Å²) in [5.74, 6) is 6.40. The number of benzene rings is 1. The summed E-state index contributed by atoms with van der Waals surface area (Å²) < 4.78 is 5.31. The van der Waals surface area contributed by atoms with Crippen LogP contribution < -0.4 is 0 Å². The molecule has 2 nitrogen and oxygen atoms in total. The SMILES string of the molecule is CC(C)(C)OC(=O)c1cccc(C#CCCS)c1. The Balaban J connectivity index is 2.83. The van der Waals surface area contributed by atoms with Gasteiger partial charge in [-0.3, -0.25) is 0 Å². The van der Waals surface area contributed by atoms with Crippen LogP contribution in [0.25, 0.3) is 0 Å². The number of rotatable bonds is 2. The average Bonchev–Trinajstić information content (AvgIpc) is 2.27. The maximum Gasteiger partial charge on any atom is 0.338 e. The van der Waals surface area contributed by atoms with Gasteiger partial charge in [-0.15, -0.1) is 0 Å². The van der Waals surface area contributed by atoms with Crippen molar-refractivity contribution in [2.75, 3.05) is 5.75 Å². The van der Waals surface area contributed by atoms with Gasteiger partial charge in [0.15, 0.2) is 0 Å². The molecule has 0 spiro atoms. The van der Waals surface area contributed by atoms with Crippen LogP contribution in [0.3, 0.4) is 0 Å². The van der Waals surface area contributed by atoms with Crippen LogP contribution >= 0.6 is 12.6 Å². The van der Waals surface area contributed by atoms with Gasteiger partial charge < -0.3 is 4.74 Å². The fraction of sp³-hybridized carbons (Fsp3) is 0.400. The molecule has 0 saturated heterocycles. The topological polar surface area (TPSA) is 26.3 Å². The highest BCUT2D eigenvalue weighted by Gasteiger charge is 2.17. The number of esters is 1. The first-order chi connectivity index (χ1) is 8.42. The predicted molar refractivity (Wildman–Crippen MR) is 77.0 cm³/mol. The number of thiol groups is 1. The van der Waals surface area contributed by atoms with Crippen molar-refractivity contribution in [3.05, 3.63) is 35.4 Å². The molecule has 96 valence electrons. The Hall–Kier alpha value is -1.40. The Bertz CT molecular complexity index is 475. The van der Waals surface area contributed by atoms with Crippen molar-refractivity contribution in [3.63, 3.8) is 0 Å². The van der Waals surface area contributed by atoms with Gasteiger partial charge in [-0.2, -0.15) is 12.6 Å². The number of carbonyl (C=O) groups is 1. The third-order valence-electron chi connectivity index (χ3n) is 1.97. The lowest BCUT2D eigenvalue weighted by Gasteiger charge is -2.19. The standard InChI is InChI=1S/C15H18O2S/c1-15(2,3)17-14(16)13-9-6-8-12(11-13)7-4-5-10-18/h6,8-9,11,18H,5,10H2,1-3H3. The lowest BCUT2D eigenvalue weighted by atomic mass is 10.1. The molecule has 0 atom stereocenters. The lowest BCUT2D eigenvalue weighted by molar-refractivity contribution is 0.00695. The van der Waals surface area contributed by atoms with Crippen molar-refractivity contribution in [1.82, 2.24) is 0 Å². The van der Waals surface area contributed by atoms with E-state index < -0.39 is 5.60 Å². The van der Waals surface area contributed by atoms with Crippen LogP contribution in [0.4, 0.5) is 0 Å². The minimum atomic E-state index is -0.481. The van der Waals surface area contributed by atoms with E-state index in [1.807, 2.05) is 32.9 Å². The summed E-state index contributed by atoms with van der Waals surface area (Å²) in [6.45, 7) is 5.55. The van der Waals surface area contributed by atoms with Crippen molar-refractivity contribution in [1.29, 1.82) is 0 Å². The van der Waals surface area contributed by atoms with E-state index in [1.54, 1.807) is 12.1 Å². The Morgan fingerprint density at radius 1 is 1.39 bits per heavy atom. The van der Waals surface area contributed by atoms with Crippen LogP contribution in [0.2, 0.25) is 0 Å². The second-order valence-corrected chi connectivity index (χ2v) is 5.31. The third kappa shape index (κ3) is 5.29. The van der Waals surface area contributed by atoms with E-state index in [0.717, 1.165) is 17.7 Å². The van der Waals surface area contributed by atoms with Crippen molar-refractivity contribution in [2.24, 2.45) is 0 Å². The zero-order valence-corrected chi connectivity index (χ0v) is 11.9. The first-order valence-electron chi connectivity index (χ1n) is 5.85. The smallest absolute Gasteiger partial charge is 0.338 e. The van der Waals surface area contributed by atoms with Crippen molar-refractivity contribution >= 4 is 18.6 Å². The normalized spacial score (nSPS) is 10.4. The van der Waals surface area contributed by atoms with Gasteiger partial charge in [0, 0.05) is 17.7 Å². The molecule has 0 N–H and O–H groups in total. The Labute approximate surface area is 114 Å². The highest BCUT2D eigenvalue weighted by Crippen LogP contribution is 2.13. The van der Waals surface area contributed by atoms with Gasteiger partial charge in [0.2, 0.25) is 0 Å². The van der Waals surface area contributed by atoms with Crippen molar-refractivity contribution < 1.29 is 9.53 Å². The molecule has 0 amide bonds. The fourth-order valence-corrected chi connectivity index (χ4v) is 1.39. The van der Waals surface area contributed by atoms with Gasteiger partial charge in [-0.25, -0.2) is 4.79 Å². The van der Waals surface area contributed by atoms with Crippen molar-refractivity contribution in [2.45, 2.75) is 32.8 Å².